The Morgan fingerprint density at radius 1 is 0.938 bits per heavy atom. The maximum atomic E-state index is 5.14. The summed E-state index contributed by atoms with van der Waals surface area (Å²) >= 11 is 9.23. The molecule has 0 radical (unpaired) electrons. The highest BCUT2D eigenvalue weighted by Gasteiger charge is 1.99. The van der Waals surface area contributed by atoms with E-state index in [1.54, 1.807) is 46.6 Å². The summed E-state index contributed by atoms with van der Waals surface area (Å²) < 4.78 is 3.49. The van der Waals surface area contributed by atoms with Crippen molar-refractivity contribution in [3.63, 3.8) is 0 Å². The highest BCUT2D eigenvalue weighted by atomic mass is 32.1. The number of aromatic nitrogens is 4. The van der Waals surface area contributed by atoms with Gasteiger partial charge in [-0.1, -0.05) is 0 Å². The molecule has 0 atom stereocenters. The number of rotatable bonds is 0. The van der Waals surface area contributed by atoms with Gasteiger partial charge in [-0.05, 0) is 24.4 Å². The maximum Gasteiger partial charge on any atom is 0.190 e. The third-order valence-electron chi connectivity index (χ3n) is 1.45. The molecule has 8 heteroatoms. The average molecular weight is 254 g/mol. The summed E-state index contributed by atoms with van der Waals surface area (Å²) in [6.45, 7) is 0. The monoisotopic (exact) mass is 254 g/mol. The van der Waals surface area contributed by atoms with Crippen LogP contribution in [0.25, 0.3) is 0 Å². The third-order valence-corrected chi connectivity index (χ3v) is 1.87. The molecule has 16 heavy (non-hydrogen) atoms. The Hall–Kier alpha value is -1.80. The molecule has 84 valence electrons. The van der Waals surface area contributed by atoms with E-state index in [9.17, 15) is 0 Å². The van der Waals surface area contributed by atoms with E-state index in [0.717, 1.165) is 0 Å². The van der Waals surface area contributed by atoms with E-state index >= 15 is 0 Å². The molecule has 2 aromatic heterocycles. The van der Waals surface area contributed by atoms with E-state index in [1.807, 2.05) is 0 Å². The van der Waals surface area contributed by atoms with Crippen molar-refractivity contribution in [2.45, 2.75) is 0 Å². The van der Waals surface area contributed by atoms with Crippen LogP contribution < -0.4 is 11.5 Å². The van der Waals surface area contributed by atoms with E-state index in [2.05, 4.69) is 33.7 Å². The van der Waals surface area contributed by atoms with Crippen molar-refractivity contribution in [1.82, 2.24) is 19.1 Å². The molecule has 4 N–H and O–H groups in total. The Morgan fingerprint density at radius 3 is 1.56 bits per heavy atom. The van der Waals surface area contributed by atoms with Crippen LogP contribution in [-0.4, -0.2) is 29.3 Å². The molecule has 0 saturated heterocycles. The zero-order valence-electron chi connectivity index (χ0n) is 8.22. The Morgan fingerprint density at radius 2 is 1.31 bits per heavy atom. The van der Waals surface area contributed by atoms with Crippen LogP contribution in [0.15, 0.2) is 37.4 Å². The Bertz CT molecular complexity index is 407. The Labute approximate surface area is 103 Å². The summed E-state index contributed by atoms with van der Waals surface area (Å²) in [7, 11) is 0. The molecule has 0 spiro atoms. The maximum absolute atomic E-state index is 5.14. The first kappa shape index (κ1) is 12.3. The van der Waals surface area contributed by atoms with Crippen LogP contribution in [0.5, 0.6) is 0 Å². The van der Waals surface area contributed by atoms with Gasteiger partial charge in [-0.25, -0.2) is 9.97 Å². The molecule has 0 saturated carbocycles. The predicted octanol–water partition coefficient (Wildman–Crippen LogP) is -0.0504. The van der Waals surface area contributed by atoms with Crippen molar-refractivity contribution < 1.29 is 0 Å². The summed E-state index contributed by atoms with van der Waals surface area (Å²) in [4.78, 5) is 7.79. The van der Waals surface area contributed by atoms with Crippen molar-refractivity contribution >= 4 is 34.7 Å². The number of hydrogen-bond acceptors (Lipinski definition) is 4. The molecule has 0 amide bonds. The smallest absolute Gasteiger partial charge is 0.190 e. The lowest BCUT2D eigenvalue weighted by Gasteiger charge is -2.02. The molecule has 2 heterocycles. The van der Waals surface area contributed by atoms with Gasteiger partial charge in [0.15, 0.2) is 10.2 Å². The van der Waals surface area contributed by atoms with E-state index in [-0.39, 0.29) is 5.11 Å². The van der Waals surface area contributed by atoms with Crippen LogP contribution >= 0.6 is 24.4 Å². The lowest BCUT2D eigenvalue weighted by Crippen LogP contribution is -2.18. The summed E-state index contributed by atoms with van der Waals surface area (Å²) in [5.74, 6) is 0. The number of nitrogens with two attached hydrogens (primary N) is 2. The van der Waals surface area contributed by atoms with Gasteiger partial charge in [-0.15, -0.1) is 0 Å². The van der Waals surface area contributed by atoms with Gasteiger partial charge in [0.1, 0.15) is 12.7 Å². The van der Waals surface area contributed by atoms with Gasteiger partial charge in [0.05, 0.1) is 0 Å². The number of nitrogens with zero attached hydrogens (tertiary/aromatic N) is 4. The number of thiocarbonyl (C=S) groups is 2. The molecule has 0 bridgehead atoms. The normalized spacial score (nSPS) is 9.00. The first-order valence-corrected chi connectivity index (χ1v) is 4.98. The van der Waals surface area contributed by atoms with Gasteiger partial charge in [-0.3, -0.25) is 9.13 Å². The average Bonchev–Trinajstić information content (AvgIpc) is 2.90. The molecule has 0 aromatic carbocycles. The van der Waals surface area contributed by atoms with Crippen molar-refractivity contribution in [3.8, 4) is 0 Å². The quantitative estimate of drug-likeness (QED) is 0.641. The van der Waals surface area contributed by atoms with Crippen LogP contribution in [0.1, 0.15) is 0 Å². The molecule has 0 fully saturated rings. The standard InChI is InChI=1S/C7H6N4S.CH4N2S/c12-7(10-3-1-8-5-10)11-4-2-9-6-11;2-1(3)4/h1-6H;(H4,2,3,4). The van der Waals surface area contributed by atoms with Crippen LogP contribution in [0.3, 0.4) is 0 Å². The van der Waals surface area contributed by atoms with Crippen molar-refractivity contribution in [1.29, 1.82) is 0 Å². The second-order valence-corrected chi connectivity index (χ2v) is 3.46. The second-order valence-electron chi connectivity index (χ2n) is 2.62. The fourth-order valence-electron chi connectivity index (χ4n) is 0.878. The first-order valence-electron chi connectivity index (χ1n) is 4.17. The fourth-order valence-corrected chi connectivity index (χ4v) is 1.09. The van der Waals surface area contributed by atoms with Gasteiger partial charge in [0.2, 0.25) is 0 Å². The minimum atomic E-state index is 0.000000000000000222. The van der Waals surface area contributed by atoms with Gasteiger partial charge in [0.25, 0.3) is 0 Å². The molecular formula is C8H10N6S2. The van der Waals surface area contributed by atoms with E-state index in [1.165, 1.54) is 0 Å². The molecule has 0 unspecified atom stereocenters. The molecule has 2 aromatic rings. The second kappa shape index (κ2) is 5.93. The molecule has 0 aliphatic heterocycles. The van der Waals surface area contributed by atoms with Gasteiger partial charge in [-0.2, -0.15) is 0 Å². The van der Waals surface area contributed by atoms with Crippen LogP contribution in [0.2, 0.25) is 0 Å². The Balaban J connectivity index is 0.000000280. The summed E-state index contributed by atoms with van der Waals surface area (Å²) in [5, 5.41) is 0.644. The topological polar surface area (TPSA) is 87.7 Å². The summed E-state index contributed by atoms with van der Waals surface area (Å²) in [6, 6.07) is 0. The summed E-state index contributed by atoms with van der Waals surface area (Å²) in [6.07, 6.45) is 10.3. The number of imidazole rings is 2. The molecular weight excluding hydrogens is 244 g/mol. The van der Waals surface area contributed by atoms with Crippen LogP contribution in [-0.2, 0) is 0 Å². The Kier molecular flexibility index (Phi) is 4.55. The zero-order valence-corrected chi connectivity index (χ0v) is 9.86. The third kappa shape index (κ3) is 3.75. The predicted molar refractivity (Wildman–Crippen MR) is 68.8 cm³/mol. The van der Waals surface area contributed by atoms with Gasteiger partial charge in [0, 0.05) is 24.8 Å². The largest absolute Gasteiger partial charge is 0.377 e. The first-order chi connectivity index (χ1) is 7.61. The van der Waals surface area contributed by atoms with E-state index in [4.69, 9.17) is 12.2 Å². The molecule has 0 aliphatic rings. The minimum Gasteiger partial charge on any atom is -0.377 e. The molecule has 0 aliphatic carbocycles. The zero-order chi connectivity index (χ0) is 12.0. The van der Waals surface area contributed by atoms with Crippen molar-refractivity contribution in [3.05, 3.63) is 37.4 Å². The minimum absolute atomic E-state index is 0.000000000000000222. The van der Waals surface area contributed by atoms with E-state index in [0.29, 0.717) is 5.11 Å². The lowest BCUT2D eigenvalue weighted by atomic mass is 10.8. The van der Waals surface area contributed by atoms with Crippen molar-refractivity contribution in [2.75, 3.05) is 0 Å². The molecule has 2 rings (SSSR count). The highest BCUT2D eigenvalue weighted by molar-refractivity contribution is 7.80. The lowest BCUT2D eigenvalue weighted by molar-refractivity contribution is 1.03. The number of hydrogen-bond donors (Lipinski definition) is 2. The van der Waals surface area contributed by atoms with E-state index < -0.39 is 0 Å². The SMILES string of the molecule is NC(N)=S.S=C(n1ccnc1)n1ccnc1. The molecule has 6 nitrogen and oxygen atoms in total. The fraction of sp³-hybridized carbons (Fsp3) is 0. The van der Waals surface area contributed by atoms with Gasteiger partial charge < -0.3 is 11.5 Å². The highest BCUT2D eigenvalue weighted by Crippen LogP contribution is 1.92. The van der Waals surface area contributed by atoms with Crippen molar-refractivity contribution in [2.24, 2.45) is 11.5 Å². The van der Waals surface area contributed by atoms with Crippen LogP contribution in [0.4, 0.5) is 0 Å². The van der Waals surface area contributed by atoms with Crippen LogP contribution in [0, 0.1) is 0 Å². The summed E-state index contributed by atoms with van der Waals surface area (Å²) in [5.41, 5.74) is 9.24. The van der Waals surface area contributed by atoms with Gasteiger partial charge >= 0.3 is 0 Å².